The van der Waals surface area contributed by atoms with Crippen LogP contribution in [0.3, 0.4) is 0 Å². The molecule has 0 radical (unpaired) electrons. The van der Waals surface area contributed by atoms with Crippen molar-refractivity contribution in [2.24, 2.45) is 5.73 Å². The molecule has 1 unspecified atom stereocenters. The summed E-state index contributed by atoms with van der Waals surface area (Å²) in [6.45, 7) is 3.88. The van der Waals surface area contributed by atoms with Gasteiger partial charge >= 0.3 is 0 Å². The minimum Gasteiger partial charge on any atom is -0.381 e. The Labute approximate surface area is 138 Å². The van der Waals surface area contributed by atoms with E-state index >= 15 is 0 Å². The lowest BCUT2D eigenvalue weighted by molar-refractivity contribution is -0.130. The van der Waals surface area contributed by atoms with Gasteiger partial charge < -0.3 is 15.8 Å². The van der Waals surface area contributed by atoms with E-state index in [9.17, 15) is 4.79 Å². The van der Waals surface area contributed by atoms with E-state index in [2.05, 4.69) is 34.5 Å². The summed E-state index contributed by atoms with van der Waals surface area (Å²) in [5, 5.41) is 3.09. The van der Waals surface area contributed by atoms with Gasteiger partial charge in [0.25, 0.3) is 0 Å². The smallest absolute Gasteiger partial charge is 0.240 e. The molecular weight excluding hydrogens is 290 g/mol. The van der Waals surface area contributed by atoms with Crippen molar-refractivity contribution in [1.29, 1.82) is 0 Å². The lowest BCUT2D eigenvalue weighted by Gasteiger charge is -2.33. The van der Waals surface area contributed by atoms with Gasteiger partial charge in [0.05, 0.1) is 5.54 Å². The number of rotatable bonds is 5. The number of ether oxygens (including phenoxy) is 1. The van der Waals surface area contributed by atoms with Gasteiger partial charge in [0.2, 0.25) is 5.91 Å². The quantitative estimate of drug-likeness (QED) is 0.858. The summed E-state index contributed by atoms with van der Waals surface area (Å²) in [6.07, 6.45) is 3.54. The molecule has 2 fully saturated rings. The molecule has 1 aromatic rings. The van der Waals surface area contributed by atoms with Gasteiger partial charge in [0, 0.05) is 32.3 Å². The molecule has 5 heteroatoms. The van der Waals surface area contributed by atoms with Crippen LogP contribution in [0, 0.1) is 0 Å². The van der Waals surface area contributed by atoms with Crippen molar-refractivity contribution >= 4 is 5.91 Å². The van der Waals surface area contributed by atoms with Crippen molar-refractivity contribution < 1.29 is 9.53 Å². The Morgan fingerprint density at radius 2 is 2.04 bits per heavy atom. The first-order chi connectivity index (χ1) is 11.2. The zero-order chi connectivity index (χ0) is 16.1. The number of benzene rings is 1. The van der Waals surface area contributed by atoms with Crippen LogP contribution in [0.25, 0.3) is 0 Å². The molecule has 0 spiro atoms. The SMILES string of the molecule is NC1(C(=O)NCC2CCCN2Cc2ccccc2)CCOCC1. The summed E-state index contributed by atoms with van der Waals surface area (Å²) in [5.41, 5.74) is 6.82. The zero-order valence-electron chi connectivity index (χ0n) is 13.7. The molecule has 23 heavy (non-hydrogen) atoms. The van der Waals surface area contributed by atoms with Gasteiger partial charge in [0.1, 0.15) is 0 Å². The zero-order valence-corrected chi connectivity index (χ0v) is 13.7. The fourth-order valence-electron chi connectivity index (χ4n) is 3.50. The lowest BCUT2D eigenvalue weighted by atomic mass is 9.90. The van der Waals surface area contributed by atoms with Crippen LogP contribution in [0.5, 0.6) is 0 Å². The highest BCUT2D eigenvalue weighted by molar-refractivity contribution is 5.86. The van der Waals surface area contributed by atoms with Gasteiger partial charge in [-0.15, -0.1) is 0 Å². The van der Waals surface area contributed by atoms with Crippen molar-refractivity contribution in [3.05, 3.63) is 35.9 Å². The largest absolute Gasteiger partial charge is 0.381 e. The first kappa shape index (κ1) is 16.4. The molecule has 2 saturated heterocycles. The number of likely N-dealkylation sites (tertiary alicyclic amines) is 1. The third-order valence-corrected chi connectivity index (χ3v) is 5.06. The second-order valence-corrected chi connectivity index (χ2v) is 6.73. The van der Waals surface area contributed by atoms with E-state index in [1.54, 1.807) is 0 Å². The fourth-order valence-corrected chi connectivity index (χ4v) is 3.50. The summed E-state index contributed by atoms with van der Waals surface area (Å²) in [7, 11) is 0. The van der Waals surface area contributed by atoms with Gasteiger partial charge in [-0.3, -0.25) is 9.69 Å². The number of amides is 1. The molecule has 1 amide bonds. The van der Waals surface area contributed by atoms with Gasteiger partial charge in [-0.25, -0.2) is 0 Å². The molecule has 3 rings (SSSR count). The van der Waals surface area contributed by atoms with Crippen molar-refractivity contribution in [3.8, 4) is 0 Å². The molecule has 2 heterocycles. The number of hydrogen-bond acceptors (Lipinski definition) is 4. The summed E-state index contributed by atoms with van der Waals surface area (Å²) >= 11 is 0. The Balaban J connectivity index is 1.51. The average Bonchev–Trinajstić information content (AvgIpc) is 3.01. The van der Waals surface area contributed by atoms with Crippen LogP contribution in [0.1, 0.15) is 31.2 Å². The van der Waals surface area contributed by atoms with Crippen molar-refractivity contribution in [1.82, 2.24) is 10.2 Å². The first-order valence-corrected chi connectivity index (χ1v) is 8.60. The molecule has 2 aliphatic heterocycles. The standard InChI is InChI=1S/C18H27N3O2/c19-18(8-11-23-12-9-18)17(22)20-13-16-7-4-10-21(16)14-15-5-2-1-3-6-15/h1-3,5-6,16H,4,7-14,19H2,(H,20,22). The van der Waals surface area contributed by atoms with Crippen molar-refractivity contribution in [3.63, 3.8) is 0 Å². The monoisotopic (exact) mass is 317 g/mol. The summed E-state index contributed by atoms with van der Waals surface area (Å²) < 4.78 is 5.31. The van der Waals surface area contributed by atoms with Crippen LogP contribution in [-0.4, -0.2) is 48.7 Å². The molecule has 0 aromatic heterocycles. The molecule has 0 bridgehead atoms. The first-order valence-electron chi connectivity index (χ1n) is 8.60. The number of nitrogens with one attached hydrogen (secondary N) is 1. The van der Waals surface area contributed by atoms with Crippen LogP contribution >= 0.6 is 0 Å². The summed E-state index contributed by atoms with van der Waals surface area (Å²) in [4.78, 5) is 14.9. The Morgan fingerprint density at radius 1 is 1.30 bits per heavy atom. The van der Waals surface area contributed by atoms with E-state index in [1.807, 2.05) is 6.07 Å². The lowest BCUT2D eigenvalue weighted by Crippen LogP contribution is -2.58. The normalized spacial score (nSPS) is 24.5. The van der Waals surface area contributed by atoms with Gasteiger partial charge in [-0.05, 0) is 37.8 Å². The highest BCUT2D eigenvalue weighted by Gasteiger charge is 2.36. The maximum atomic E-state index is 12.4. The van der Waals surface area contributed by atoms with E-state index in [-0.39, 0.29) is 5.91 Å². The molecule has 3 N–H and O–H groups in total. The second kappa shape index (κ2) is 7.43. The Kier molecular flexibility index (Phi) is 5.30. The highest BCUT2D eigenvalue weighted by atomic mass is 16.5. The number of nitrogens with zero attached hydrogens (tertiary/aromatic N) is 1. The molecule has 1 aromatic carbocycles. The maximum absolute atomic E-state index is 12.4. The minimum absolute atomic E-state index is 0.0210. The summed E-state index contributed by atoms with van der Waals surface area (Å²) in [6, 6.07) is 10.9. The minimum atomic E-state index is -0.749. The van der Waals surface area contributed by atoms with E-state index in [4.69, 9.17) is 10.5 Å². The molecule has 1 atom stereocenters. The molecule has 5 nitrogen and oxygen atoms in total. The third-order valence-electron chi connectivity index (χ3n) is 5.06. The van der Waals surface area contributed by atoms with E-state index in [0.717, 1.165) is 19.5 Å². The molecule has 2 aliphatic rings. The summed E-state index contributed by atoms with van der Waals surface area (Å²) in [5.74, 6) is -0.0210. The van der Waals surface area contributed by atoms with Crippen LogP contribution in [-0.2, 0) is 16.1 Å². The predicted molar refractivity (Wildman–Crippen MR) is 89.9 cm³/mol. The maximum Gasteiger partial charge on any atom is 0.240 e. The fraction of sp³-hybridized carbons (Fsp3) is 0.611. The number of carbonyl (C=O) groups excluding carboxylic acids is 1. The molecular formula is C18H27N3O2. The highest BCUT2D eigenvalue weighted by Crippen LogP contribution is 2.21. The van der Waals surface area contributed by atoms with Crippen molar-refractivity contribution in [2.75, 3.05) is 26.3 Å². The third kappa shape index (κ3) is 4.10. The molecule has 126 valence electrons. The Hall–Kier alpha value is -1.43. The molecule has 0 aliphatic carbocycles. The number of nitrogens with two attached hydrogens (primary N) is 1. The van der Waals surface area contributed by atoms with Crippen molar-refractivity contribution in [2.45, 2.75) is 43.8 Å². The van der Waals surface area contributed by atoms with E-state index < -0.39 is 5.54 Å². The predicted octanol–water partition coefficient (Wildman–Crippen LogP) is 1.28. The average molecular weight is 317 g/mol. The van der Waals surface area contributed by atoms with Crippen LogP contribution in [0.4, 0.5) is 0 Å². The van der Waals surface area contributed by atoms with Gasteiger partial charge in [-0.1, -0.05) is 30.3 Å². The second-order valence-electron chi connectivity index (χ2n) is 6.73. The number of hydrogen-bond donors (Lipinski definition) is 2. The van der Waals surface area contributed by atoms with Gasteiger partial charge in [-0.2, -0.15) is 0 Å². The Bertz CT molecular complexity index is 514. The van der Waals surface area contributed by atoms with Crippen LogP contribution in [0.15, 0.2) is 30.3 Å². The van der Waals surface area contributed by atoms with Crippen LogP contribution < -0.4 is 11.1 Å². The topological polar surface area (TPSA) is 67.6 Å². The van der Waals surface area contributed by atoms with Gasteiger partial charge in [0.15, 0.2) is 0 Å². The number of carbonyl (C=O) groups is 1. The molecule has 0 saturated carbocycles. The Morgan fingerprint density at radius 3 is 2.78 bits per heavy atom. The van der Waals surface area contributed by atoms with E-state index in [1.165, 1.54) is 12.0 Å². The van der Waals surface area contributed by atoms with E-state index in [0.29, 0.717) is 38.6 Å². The van der Waals surface area contributed by atoms with Crippen LogP contribution in [0.2, 0.25) is 0 Å².